The number of rotatable bonds is 4. The molecule has 0 radical (unpaired) electrons. The predicted octanol–water partition coefficient (Wildman–Crippen LogP) is 1.52. The normalized spacial score (nSPS) is 14.6. The maximum atomic E-state index is 13.2. The van der Waals surface area contributed by atoms with E-state index in [2.05, 4.69) is 9.97 Å². The molecule has 1 fully saturated rings. The molecule has 0 saturated carbocycles. The molecule has 1 aliphatic heterocycles. The van der Waals surface area contributed by atoms with Gasteiger partial charge in [-0.15, -0.1) is 0 Å². The van der Waals surface area contributed by atoms with E-state index in [0.29, 0.717) is 43.6 Å². The zero-order chi connectivity index (χ0) is 16.9. The van der Waals surface area contributed by atoms with Crippen LogP contribution < -0.4 is 9.64 Å². The van der Waals surface area contributed by atoms with Gasteiger partial charge >= 0.3 is 0 Å². The third kappa shape index (κ3) is 3.79. The number of halogens is 1. The molecule has 24 heavy (non-hydrogen) atoms. The molecule has 0 spiro atoms. The average molecular weight is 330 g/mol. The van der Waals surface area contributed by atoms with Gasteiger partial charge in [-0.3, -0.25) is 4.79 Å². The van der Waals surface area contributed by atoms with E-state index in [1.165, 1.54) is 12.1 Å². The standard InChI is InChI=1S/C17H19FN4O2/c1-24-15-5-6-19-17(20-15)22-9-7-21(8-10-22)16(23)12-13-3-2-4-14(18)11-13/h2-6,11H,7-10,12H2,1H3. The summed E-state index contributed by atoms with van der Waals surface area (Å²) in [6.45, 7) is 2.49. The molecule has 1 aromatic carbocycles. The van der Waals surface area contributed by atoms with E-state index in [-0.39, 0.29) is 18.1 Å². The molecule has 0 atom stereocenters. The summed E-state index contributed by atoms with van der Waals surface area (Å²) in [5.74, 6) is 0.809. The summed E-state index contributed by atoms with van der Waals surface area (Å²) in [5, 5.41) is 0. The van der Waals surface area contributed by atoms with Crippen molar-refractivity contribution in [1.29, 1.82) is 0 Å². The van der Waals surface area contributed by atoms with Crippen LogP contribution in [0, 0.1) is 5.82 Å². The van der Waals surface area contributed by atoms with E-state index in [4.69, 9.17) is 4.74 Å². The summed E-state index contributed by atoms with van der Waals surface area (Å²) in [5.41, 5.74) is 0.693. The first-order chi connectivity index (χ1) is 11.7. The topological polar surface area (TPSA) is 58.6 Å². The number of methoxy groups -OCH3 is 1. The number of hydrogen-bond donors (Lipinski definition) is 0. The number of hydrogen-bond acceptors (Lipinski definition) is 5. The lowest BCUT2D eigenvalue weighted by atomic mass is 10.1. The summed E-state index contributed by atoms with van der Waals surface area (Å²) in [6.07, 6.45) is 1.87. The summed E-state index contributed by atoms with van der Waals surface area (Å²) in [6, 6.07) is 7.86. The number of piperazine rings is 1. The smallest absolute Gasteiger partial charge is 0.228 e. The fourth-order valence-electron chi connectivity index (χ4n) is 2.69. The molecule has 1 amide bonds. The molecular formula is C17H19FN4O2. The van der Waals surface area contributed by atoms with Crippen LogP contribution in [-0.2, 0) is 11.2 Å². The minimum absolute atomic E-state index is 0.00631. The largest absolute Gasteiger partial charge is 0.481 e. The zero-order valence-corrected chi connectivity index (χ0v) is 13.5. The predicted molar refractivity (Wildman–Crippen MR) is 87.5 cm³/mol. The molecule has 126 valence electrons. The van der Waals surface area contributed by atoms with E-state index >= 15 is 0 Å². The molecule has 1 saturated heterocycles. The van der Waals surface area contributed by atoms with Crippen LogP contribution in [0.25, 0.3) is 0 Å². The first-order valence-electron chi connectivity index (χ1n) is 7.80. The molecule has 0 unspecified atom stereocenters. The zero-order valence-electron chi connectivity index (χ0n) is 13.5. The van der Waals surface area contributed by atoms with Gasteiger partial charge in [-0.05, 0) is 17.7 Å². The summed E-state index contributed by atoms with van der Waals surface area (Å²) >= 11 is 0. The Hall–Kier alpha value is -2.70. The maximum Gasteiger partial charge on any atom is 0.228 e. The third-order valence-electron chi connectivity index (χ3n) is 3.99. The molecule has 1 aromatic heterocycles. The van der Waals surface area contributed by atoms with Crippen molar-refractivity contribution in [2.24, 2.45) is 0 Å². The molecular weight excluding hydrogens is 311 g/mol. The molecule has 2 aromatic rings. The van der Waals surface area contributed by atoms with Crippen molar-refractivity contribution in [3.8, 4) is 5.88 Å². The monoisotopic (exact) mass is 330 g/mol. The number of carbonyl (C=O) groups excluding carboxylic acids is 1. The highest BCUT2D eigenvalue weighted by molar-refractivity contribution is 5.79. The Bertz CT molecular complexity index is 717. The molecule has 1 aliphatic rings. The molecule has 7 heteroatoms. The minimum atomic E-state index is -0.319. The molecule has 0 aliphatic carbocycles. The second-order valence-electron chi connectivity index (χ2n) is 5.57. The van der Waals surface area contributed by atoms with Gasteiger partial charge in [-0.25, -0.2) is 9.37 Å². The second-order valence-corrected chi connectivity index (χ2v) is 5.57. The molecule has 3 rings (SSSR count). The van der Waals surface area contributed by atoms with Gasteiger partial charge in [0.1, 0.15) is 5.82 Å². The Morgan fingerprint density at radius 3 is 2.75 bits per heavy atom. The Balaban J connectivity index is 1.57. The van der Waals surface area contributed by atoms with Gasteiger partial charge in [0, 0.05) is 38.4 Å². The van der Waals surface area contributed by atoms with Crippen LogP contribution in [0.4, 0.5) is 10.3 Å². The highest BCUT2D eigenvalue weighted by Crippen LogP contribution is 2.15. The van der Waals surface area contributed by atoms with Crippen molar-refractivity contribution in [1.82, 2.24) is 14.9 Å². The van der Waals surface area contributed by atoms with Crippen LogP contribution in [0.2, 0.25) is 0 Å². The van der Waals surface area contributed by atoms with Crippen LogP contribution in [0.15, 0.2) is 36.5 Å². The lowest BCUT2D eigenvalue weighted by molar-refractivity contribution is -0.130. The van der Waals surface area contributed by atoms with Crippen molar-refractivity contribution in [3.05, 3.63) is 47.9 Å². The van der Waals surface area contributed by atoms with Gasteiger partial charge in [0.2, 0.25) is 17.7 Å². The van der Waals surface area contributed by atoms with E-state index in [1.54, 1.807) is 36.4 Å². The first kappa shape index (κ1) is 16.2. The van der Waals surface area contributed by atoms with Crippen LogP contribution in [-0.4, -0.2) is 54.1 Å². The van der Waals surface area contributed by atoms with Crippen molar-refractivity contribution >= 4 is 11.9 Å². The fourth-order valence-corrected chi connectivity index (χ4v) is 2.69. The van der Waals surface area contributed by atoms with Crippen molar-refractivity contribution in [2.75, 3.05) is 38.2 Å². The van der Waals surface area contributed by atoms with Crippen LogP contribution in [0.1, 0.15) is 5.56 Å². The van der Waals surface area contributed by atoms with Crippen LogP contribution in [0.5, 0.6) is 5.88 Å². The minimum Gasteiger partial charge on any atom is -0.481 e. The van der Waals surface area contributed by atoms with Gasteiger partial charge in [0.25, 0.3) is 0 Å². The Morgan fingerprint density at radius 2 is 2.04 bits per heavy atom. The fraction of sp³-hybridized carbons (Fsp3) is 0.353. The number of nitrogens with zero attached hydrogens (tertiary/aromatic N) is 4. The van der Waals surface area contributed by atoms with E-state index in [1.807, 2.05) is 4.90 Å². The van der Waals surface area contributed by atoms with Gasteiger partial charge in [0.15, 0.2) is 0 Å². The number of anilines is 1. The van der Waals surface area contributed by atoms with E-state index in [0.717, 1.165) is 0 Å². The lowest BCUT2D eigenvalue weighted by Gasteiger charge is -2.34. The Morgan fingerprint density at radius 1 is 1.25 bits per heavy atom. The van der Waals surface area contributed by atoms with Gasteiger partial charge in [-0.1, -0.05) is 12.1 Å². The summed E-state index contributed by atoms with van der Waals surface area (Å²) < 4.78 is 18.3. The van der Waals surface area contributed by atoms with Gasteiger partial charge in [0.05, 0.1) is 13.5 Å². The van der Waals surface area contributed by atoms with Crippen LogP contribution in [0.3, 0.4) is 0 Å². The van der Waals surface area contributed by atoms with Crippen molar-refractivity contribution in [2.45, 2.75) is 6.42 Å². The number of benzene rings is 1. The van der Waals surface area contributed by atoms with Crippen LogP contribution >= 0.6 is 0 Å². The number of carbonyl (C=O) groups is 1. The Labute approximate surface area is 139 Å². The maximum absolute atomic E-state index is 13.2. The highest BCUT2D eigenvalue weighted by Gasteiger charge is 2.22. The quantitative estimate of drug-likeness (QED) is 0.851. The van der Waals surface area contributed by atoms with E-state index < -0.39 is 0 Å². The lowest BCUT2D eigenvalue weighted by Crippen LogP contribution is -2.49. The Kier molecular flexibility index (Phi) is 4.88. The second kappa shape index (κ2) is 7.25. The highest BCUT2D eigenvalue weighted by atomic mass is 19.1. The molecule has 0 N–H and O–H groups in total. The molecule has 0 bridgehead atoms. The SMILES string of the molecule is COc1ccnc(N2CCN(C(=O)Cc3cccc(F)c3)CC2)n1. The number of amides is 1. The first-order valence-corrected chi connectivity index (χ1v) is 7.80. The van der Waals surface area contributed by atoms with Crippen molar-refractivity contribution < 1.29 is 13.9 Å². The number of aromatic nitrogens is 2. The third-order valence-corrected chi connectivity index (χ3v) is 3.99. The summed E-state index contributed by atoms with van der Waals surface area (Å²) in [7, 11) is 1.56. The van der Waals surface area contributed by atoms with E-state index in [9.17, 15) is 9.18 Å². The van der Waals surface area contributed by atoms with Gasteiger partial charge < -0.3 is 14.5 Å². The molecule has 6 nitrogen and oxygen atoms in total. The average Bonchev–Trinajstić information content (AvgIpc) is 2.62. The number of ether oxygens (including phenoxy) is 1. The van der Waals surface area contributed by atoms with Crippen molar-refractivity contribution in [3.63, 3.8) is 0 Å². The summed E-state index contributed by atoms with van der Waals surface area (Å²) in [4.78, 5) is 24.7. The van der Waals surface area contributed by atoms with Gasteiger partial charge in [-0.2, -0.15) is 4.98 Å². The molecule has 2 heterocycles.